The summed E-state index contributed by atoms with van der Waals surface area (Å²) in [6.07, 6.45) is 0. The van der Waals surface area contributed by atoms with Gasteiger partial charge in [-0.2, -0.15) is 0 Å². The minimum atomic E-state index is -0.606. The highest BCUT2D eigenvalue weighted by molar-refractivity contribution is 5.77. The van der Waals surface area contributed by atoms with E-state index in [4.69, 9.17) is 0 Å². The van der Waals surface area contributed by atoms with E-state index in [0.717, 1.165) is 6.07 Å². The maximum atomic E-state index is 13.2. The van der Waals surface area contributed by atoms with Gasteiger partial charge in [-0.25, -0.2) is 8.78 Å². The van der Waals surface area contributed by atoms with Crippen LogP contribution < -0.4 is 10.6 Å². The molecule has 1 amide bonds. The van der Waals surface area contributed by atoms with E-state index in [-0.39, 0.29) is 19.0 Å². The maximum Gasteiger partial charge on any atom is 0.233 e. The Balaban J connectivity index is 2.31. The number of halogens is 2. The Kier molecular flexibility index (Phi) is 5.71. The van der Waals surface area contributed by atoms with Gasteiger partial charge in [-0.1, -0.05) is 19.9 Å². The van der Waals surface area contributed by atoms with Crippen LogP contribution in [0.15, 0.2) is 18.2 Å². The summed E-state index contributed by atoms with van der Waals surface area (Å²) < 4.78 is 25.9. The second-order valence-electron chi connectivity index (χ2n) is 4.54. The van der Waals surface area contributed by atoms with Gasteiger partial charge in [0, 0.05) is 24.7 Å². The molecule has 0 aromatic heterocycles. The lowest BCUT2D eigenvalue weighted by Gasteiger charge is -2.09. The van der Waals surface area contributed by atoms with Crippen molar-refractivity contribution in [2.75, 3.05) is 13.1 Å². The van der Waals surface area contributed by atoms with Crippen LogP contribution in [0.3, 0.4) is 0 Å². The van der Waals surface area contributed by atoms with E-state index in [9.17, 15) is 13.6 Å². The second-order valence-corrected chi connectivity index (χ2v) is 4.54. The van der Waals surface area contributed by atoms with Crippen molar-refractivity contribution < 1.29 is 13.6 Å². The molecule has 0 aliphatic rings. The maximum absolute atomic E-state index is 13.2. The van der Waals surface area contributed by atoms with E-state index < -0.39 is 11.6 Å². The highest BCUT2D eigenvalue weighted by Gasteiger charge is 2.05. The van der Waals surface area contributed by atoms with Crippen LogP contribution in [0.2, 0.25) is 0 Å². The monoisotopic (exact) mass is 256 g/mol. The second kappa shape index (κ2) is 7.06. The van der Waals surface area contributed by atoms with Gasteiger partial charge >= 0.3 is 0 Å². The normalized spacial score (nSPS) is 10.7. The molecule has 0 aliphatic heterocycles. The van der Waals surface area contributed by atoms with Crippen LogP contribution >= 0.6 is 0 Å². The zero-order chi connectivity index (χ0) is 13.5. The highest BCUT2D eigenvalue weighted by atomic mass is 19.1. The van der Waals surface area contributed by atoms with Gasteiger partial charge in [-0.05, 0) is 12.0 Å². The molecular formula is C13H18F2N2O. The molecule has 0 radical (unpaired) electrons. The summed E-state index contributed by atoms with van der Waals surface area (Å²) in [6, 6.07) is 3.39. The number of carbonyl (C=O) groups is 1. The Morgan fingerprint density at radius 1 is 1.33 bits per heavy atom. The molecule has 0 spiro atoms. The number of hydrogen-bond acceptors (Lipinski definition) is 2. The van der Waals surface area contributed by atoms with Crippen molar-refractivity contribution >= 4 is 5.91 Å². The Morgan fingerprint density at radius 3 is 2.67 bits per heavy atom. The SMILES string of the molecule is CC(C)CNC(=O)CNCc1ccc(F)cc1F. The van der Waals surface area contributed by atoms with Crippen LogP contribution in [0.1, 0.15) is 19.4 Å². The molecule has 1 rings (SSSR count). The van der Waals surface area contributed by atoms with Gasteiger partial charge in [0.25, 0.3) is 0 Å². The van der Waals surface area contributed by atoms with E-state index >= 15 is 0 Å². The lowest BCUT2D eigenvalue weighted by Crippen LogP contribution is -2.35. The zero-order valence-corrected chi connectivity index (χ0v) is 10.6. The van der Waals surface area contributed by atoms with E-state index in [2.05, 4.69) is 10.6 Å². The molecule has 1 aromatic carbocycles. The molecule has 0 unspecified atom stereocenters. The van der Waals surface area contributed by atoms with Crippen molar-refractivity contribution in [3.8, 4) is 0 Å². The van der Waals surface area contributed by atoms with Crippen molar-refractivity contribution in [2.45, 2.75) is 20.4 Å². The molecule has 0 saturated heterocycles. The van der Waals surface area contributed by atoms with Crippen molar-refractivity contribution in [1.82, 2.24) is 10.6 Å². The summed E-state index contributed by atoms with van der Waals surface area (Å²) in [6.45, 7) is 4.93. The Bertz CT molecular complexity index is 408. The number of benzene rings is 1. The van der Waals surface area contributed by atoms with Gasteiger partial charge in [0.1, 0.15) is 11.6 Å². The van der Waals surface area contributed by atoms with Gasteiger partial charge in [0.2, 0.25) is 5.91 Å². The predicted molar refractivity (Wildman–Crippen MR) is 65.9 cm³/mol. The molecule has 18 heavy (non-hydrogen) atoms. The van der Waals surface area contributed by atoms with Crippen LogP contribution in [-0.4, -0.2) is 19.0 Å². The van der Waals surface area contributed by atoms with Gasteiger partial charge in [-0.15, -0.1) is 0 Å². The quantitative estimate of drug-likeness (QED) is 0.815. The fourth-order valence-corrected chi connectivity index (χ4v) is 1.36. The first-order valence-corrected chi connectivity index (χ1v) is 5.90. The molecule has 3 nitrogen and oxygen atoms in total. The first-order valence-electron chi connectivity index (χ1n) is 5.90. The minimum absolute atomic E-state index is 0.115. The highest BCUT2D eigenvalue weighted by Crippen LogP contribution is 2.08. The zero-order valence-electron chi connectivity index (χ0n) is 10.6. The lowest BCUT2D eigenvalue weighted by atomic mass is 10.2. The Morgan fingerprint density at radius 2 is 2.06 bits per heavy atom. The molecule has 0 aliphatic carbocycles. The third-order valence-electron chi connectivity index (χ3n) is 2.32. The van der Waals surface area contributed by atoms with Crippen molar-refractivity contribution in [1.29, 1.82) is 0 Å². The first kappa shape index (κ1) is 14.6. The molecule has 2 N–H and O–H groups in total. The summed E-state index contributed by atoms with van der Waals surface area (Å²) >= 11 is 0. The third kappa shape index (κ3) is 5.23. The number of hydrogen-bond donors (Lipinski definition) is 2. The number of rotatable bonds is 6. The van der Waals surface area contributed by atoms with Crippen molar-refractivity contribution in [3.63, 3.8) is 0 Å². The van der Waals surface area contributed by atoms with Crippen molar-refractivity contribution in [2.24, 2.45) is 5.92 Å². The van der Waals surface area contributed by atoms with E-state index in [1.807, 2.05) is 13.8 Å². The fraction of sp³-hybridized carbons (Fsp3) is 0.462. The number of amides is 1. The largest absolute Gasteiger partial charge is 0.355 e. The van der Waals surface area contributed by atoms with Gasteiger partial charge < -0.3 is 10.6 Å². The number of carbonyl (C=O) groups excluding carboxylic acids is 1. The van der Waals surface area contributed by atoms with Gasteiger partial charge in [0.15, 0.2) is 0 Å². The van der Waals surface area contributed by atoms with Crippen molar-refractivity contribution in [3.05, 3.63) is 35.4 Å². The first-order chi connectivity index (χ1) is 8.49. The average molecular weight is 256 g/mol. The summed E-state index contributed by atoms with van der Waals surface area (Å²) in [7, 11) is 0. The summed E-state index contributed by atoms with van der Waals surface area (Å²) in [4.78, 5) is 11.3. The molecule has 0 saturated carbocycles. The molecule has 100 valence electrons. The molecule has 0 heterocycles. The summed E-state index contributed by atoms with van der Waals surface area (Å²) in [5.41, 5.74) is 0.341. The Hall–Kier alpha value is -1.49. The van der Waals surface area contributed by atoms with Crippen LogP contribution in [0.5, 0.6) is 0 Å². The summed E-state index contributed by atoms with van der Waals surface area (Å²) in [5, 5.41) is 5.55. The topological polar surface area (TPSA) is 41.1 Å². The molecule has 0 bridgehead atoms. The van der Waals surface area contributed by atoms with Gasteiger partial charge in [0.05, 0.1) is 6.54 Å². The van der Waals surface area contributed by atoms with Crippen LogP contribution in [0.25, 0.3) is 0 Å². The lowest BCUT2D eigenvalue weighted by molar-refractivity contribution is -0.120. The average Bonchev–Trinajstić information content (AvgIpc) is 2.29. The van der Waals surface area contributed by atoms with E-state index in [1.165, 1.54) is 12.1 Å². The smallest absolute Gasteiger partial charge is 0.233 e. The van der Waals surface area contributed by atoms with Gasteiger partial charge in [-0.3, -0.25) is 4.79 Å². The molecule has 1 aromatic rings. The fourth-order valence-electron chi connectivity index (χ4n) is 1.36. The number of nitrogens with one attached hydrogen (secondary N) is 2. The predicted octanol–water partition coefficient (Wildman–Crippen LogP) is 1.83. The van der Waals surface area contributed by atoms with E-state index in [0.29, 0.717) is 18.0 Å². The minimum Gasteiger partial charge on any atom is -0.355 e. The summed E-state index contributed by atoms with van der Waals surface area (Å²) in [5.74, 6) is -0.953. The third-order valence-corrected chi connectivity index (χ3v) is 2.32. The molecule has 0 fully saturated rings. The van der Waals surface area contributed by atoms with Crippen LogP contribution in [0.4, 0.5) is 8.78 Å². The molecule has 5 heteroatoms. The van der Waals surface area contributed by atoms with Crippen LogP contribution in [0, 0.1) is 17.6 Å². The van der Waals surface area contributed by atoms with Crippen LogP contribution in [-0.2, 0) is 11.3 Å². The molecular weight excluding hydrogens is 238 g/mol. The van der Waals surface area contributed by atoms with E-state index in [1.54, 1.807) is 0 Å². The standard InChI is InChI=1S/C13H18F2N2O/c1-9(2)6-17-13(18)8-16-7-10-3-4-11(14)5-12(10)15/h3-5,9,16H,6-8H2,1-2H3,(H,17,18). The Labute approximate surface area is 106 Å². The molecule has 0 atom stereocenters.